The number of ether oxygens (including phenoxy) is 2. The highest BCUT2D eigenvalue weighted by Crippen LogP contribution is 2.39. The predicted molar refractivity (Wildman–Crippen MR) is 88.6 cm³/mol. The van der Waals surface area contributed by atoms with E-state index in [-0.39, 0.29) is 5.91 Å². The topological polar surface area (TPSA) is 64.6 Å². The van der Waals surface area contributed by atoms with Gasteiger partial charge in [-0.2, -0.15) is 0 Å². The minimum absolute atomic E-state index is 0.269. The van der Waals surface area contributed by atoms with Gasteiger partial charge in [-0.15, -0.1) is 11.3 Å². The molecule has 23 heavy (non-hydrogen) atoms. The molecule has 120 valence electrons. The molecule has 0 unspecified atom stereocenters. The van der Waals surface area contributed by atoms with Gasteiger partial charge in [0.2, 0.25) is 0 Å². The highest BCUT2D eigenvalue weighted by atomic mass is 32.1. The Morgan fingerprint density at radius 3 is 2.78 bits per heavy atom. The monoisotopic (exact) mass is 331 g/mol. The summed E-state index contributed by atoms with van der Waals surface area (Å²) in [6, 6.07) is 6.89. The van der Waals surface area contributed by atoms with Gasteiger partial charge in [-0.25, -0.2) is 4.79 Å². The van der Waals surface area contributed by atoms with Crippen LogP contribution in [-0.2, 0) is 17.6 Å². The van der Waals surface area contributed by atoms with Crippen molar-refractivity contribution in [2.24, 2.45) is 0 Å². The van der Waals surface area contributed by atoms with Gasteiger partial charge < -0.3 is 14.8 Å². The molecule has 0 saturated carbocycles. The molecule has 5 nitrogen and oxygen atoms in total. The fourth-order valence-electron chi connectivity index (χ4n) is 2.75. The molecule has 1 aromatic carbocycles. The van der Waals surface area contributed by atoms with Crippen molar-refractivity contribution < 1.29 is 19.1 Å². The number of nitrogens with one attached hydrogen (secondary N) is 1. The molecule has 0 atom stereocenters. The summed E-state index contributed by atoms with van der Waals surface area (Å²) in [6.45, 7) is 0. The number of rotatable bonds is 4. The lowest BCUT2D eigenvalue weighted by Gasteiger charge is -2.08. The average Bonchev–Trinajstić information content (AvgIpc) is 3.14. The summed E-state index contributed by atoms with van der Waals surface area (Å²) in [5, 5.41) is 3.41. The molecule has 1 aliphatic rings. The molecular formula is C17H17NO4S. The third-order valence-corrected chi connectivity index (χ3v) is 5.08. The Hall–Kier alpha value is -2.34. The normalized spacial score (nSPS) is 12.6. The van der Waals surface area contributed by atoms with Crippen molar-refractivity contribution in [3.63, 3.8) is 0 Å². The van der Waals surface area contributed by atoms with E-state index in [0.29, 0.717) is 21.9 Å². The van der Waals surface area contributed by atoms with Crippen LogP contribution in [0.2, 0.25) is 0 Å². The van der Waals surface area contributed by atoms with Crippen LogP contribution < -0.4 is 10.1 Å². The number of aryl methyl sites for hydroxylation is 1. The summed E-state index contributed by atoms with van der Waals surface area (Å²) in [7, 11) is 2.91. The van der Waals surface area contributed by atoms with Gasteiger partial charge >= 0.3 is 5.97 Å². The first-order chi connectivity index (χ1) is 11.1. The van der Waals surface area contributed by atoms with Crippen molar-refractivity contribution in [2.45, 2.75) is 19.3 Å². The first kappa shape index (κ1) is 15.6. The molecule has 0 bridgehead atoms. The highest BCUT2D eigenvalue weighted by molar-refractivity contribution is 7.17. The van der Waals surface area contributed by atoms with Crippen LogP contribution in [0.25, 0.3) is 0 Å². The SMILES string of the molecule is COC(=O)c1c(NC(=O)c2cccc(OC)c2)sc2c1CCC2. The Balaban J connectivity index is 1.90. The number of anilines is 1. The van der Waals surface area contributed by atoms with Crippen molar-refractivity contribution in [3.8, 4) is 5.75 Å². The number of benzene rings is 1. The number of hydrogen-bond acceptors (Lipinski definition) is 5. The lowest BCUT2D eigenvalue weighted by molar-refractivity contribution is 0.0601. The van der Waals surface area contributed by atoms with Crippen LogP contribution in [0.15, 0.2) is 24.3 Å². The summed E-state index contributed by atoms with van der Waals surface area (Å²) in [6.07, 6.45) is 2.83. The van der Waals surface area contributed by atoms with Crippen molar-refractivity contribution in [2.75, 3.05) is 19.5 Å². The van der Waals surface area contributed by atoms with Crippen molar-refractivity contribution >= 4 is 28.2 Å². The number of thiophene rings is 1. The summed E-state index contributed by atoms with van der Waals surface area (Å²) in [5.41, 5.74) is 2.00. The molecule has 0 aliphatic heterocycles. The quantitative estimate of drug-likeness (QED) is 0.873. The fourth-order valence-corrected chi connectivity index (χ4v) is 4.02. The Morgan fingerprint density at radius 1 is 1.22 bits per heavy atom. The van der Waals surface area contributed by atoms with Gasteiger partial charge in [0.15, 0.2) is 0 Å². The number of fused-ring (bicyclic) bond motifs is 1. The minimum atomic E-state index is -0.398. The zero-order chi connectivity index (χ0) is 16.4. The number of carbonyl (C=O) groups is 2. The third-order valence-electron chi connectivity index (χ3n) is 3.87. The smallest absolute Gasteiger partial charge is 0.341 e. The predicted octanol–water partition coefficient (Wildman–Crippen LogP) is 3.28. The Labute approximate surface area is 138 Å². The van der Waals surface area contributed by atoms with Gasteiger partial charge in [0.1, 0.15) is 10.8 Å². The molecule has 3 rings (SSSR count). The zero-order valence-corrected chi connectivity index (χ0v) is 13.8. The maximum absolute atomic E-state index is 12.5. The van der Waals surface area contributed by atoms with Gasteiger partial charge in [-0.1, -0.05) is 6.07 Å². The van der Waals surface area contributed by atoms with Crippen LogP contribution in [0.5, 0.6) is 5.75 Å². The number of amides is 1. The van der Waals surface area contributed by atoms with Crippen LogP contribution in [0, 0.1) is 0 Å². The number of esters is 1. The molecule has 2 aromatic rings. The van der Waals surface area contributed by atoms with Crippen LogP contribution in [0.3, 0.4) is 0 Å². The Kier molecular flexibility index (Phi) is 4.34. The largest absolute Gasteiger partial charge is 0.497 e. The lowest BCUT2D eigenvalue weighted by atomic mass is 10.1. The van der Waals surface area contributed by atoms with Crippen LogP contribution in [-0.4, -0.2) is 26.1 Å². The van der Waals surface area contributed by atoms with E-state index in [2.05, 4.69) is 5.32 Å². The second kappa shape index (κ2) is 6.42. The lowest BCUT2D eigenvalue weighted by Crippen LogP contribution is -2.14. The average molecular weight is 331 g/mol. The Bertz CT molecular complexity index is 766. The molecular weight excluding hydrogens is 314 g/mol. The summed E-state index contributed by atoms with van der Waals surface area (Å²) < 4.78 is 10.0. The van der Waals surface area contributed by atoms with Gasteiger partial charge in [0.05, 0.1) is 19.8 Å². The van der Waals surface area contributed by atoms with E-state index in [4.69, 9.17) is 9.47 Å². The standard InChI is InChI=1S/C17H17NO4S/c1-21-11-6-3-5-10(9-11)15(19)18-16-14(17(20)22-2)12-7-4-8-13(12)23-16/h3,5-6,9H,4,7-8H2,1-2H3,(H,18,19). The second-order valence-corrected chi connectivity index (χ2v) is 6.34. The fraction of sp³-hybridized carbons (Fsp3) is 0.294. The molecule has 0 spiro atoms. The van der Waals surface area contributed by atoms with E-state index in [1.807, 2.05) is 0 Å². The van der Waals surface area contributed by atoms with E-state index in [1.54, 1.807) is 31.4 Å². The number of methoxy groups -OCH3 is 2. The first-order valence-corrected chi connectivity index (χ1v) is 8.14. The highest BCUT2D eigenvalue weighted by Gasteiger charge is 2.28. The first-order valence-electron chi connectivity index (χ1n) is 7.32. The maximum Gasteiger partial charge on any atom is 0.341 e. The molecule has 1 N–H and O–H groups in total. The summed E-state index contributed by atoms with van der Waals surface area (Å²) >= 11 is 1.46. The molecule has 1 amide bonds. The second-order valence-electron chi connectivity index (χ2n) is 5.24. The zero-order valence-electron chi connectivity index (χ0n) is 13.0. The molecule has 1 aliphatic carbocycles. The summed E-state index contributed by atoms with van der Waals surface area (Å²) in [4.78, 5) is 25.7. The minimum Gasteiger partial charge on any atom is -0.497 e. The van der Waals surface area contributed by atoms with E-state index in [1.165, 1.54) is 18.4 Å². The number of carbonyl (C=O) groups excluding carboxylic acids is 2. The van der Waals surface area contributed by atoms with Gasteiger partial charge in [0, 0.05) is 10.4 Å². The van der Waals surface area contributed by atoms with E-state index in [9.17, 15) is 9.59 Å². The van der Waals surface area contributed by atoms with Crippen molar-refractivity contribution in [3.05, 3.63) is 45.8 Å². The van der Waals surface area contributed by atoms with E-state index >= 15 is 0 Å². The number of hydrogen-bond donors (Lipinski definition) is 1. The van der Waals surface area contributed by atoms with Gasteiger partial charge in [0.25, 0.3) is 5.91 Å². The maximum atomic E-state index is 12.5. The molecule has 6 heteroatoms. The van der Waals surface area contributed by atoms with Crippen LogP contribution >= 0.6 is 11.3 Å². The van der Waals surface area contributed by atoms with Gasteiger partial charge in [-0.3, -0.25) is 4.79 Å². The molecule has 1 aromatic heterocycles. The van der Waals surface area contributed by atoms with E-state index in [0.717, 1.165) is 29.7 Å². The summed E-state index contributed by atoms with van der Waals surface area (Å²) in [5.74, 6) is -0.0566. The molecule has 1 heterocycles. The third kappa shape index (κ3) is 2.94. The Morgan fingerprint density at radius 2 is 2.04 bits per heavy atom. The van der Waals surface area contributed by atoms with E-state index < -0.39 is 5.97 Å². The molecule has 0 fully saturated rings. The van der Waals surface area contributed by atoms with Crippen molar-refractivity contribution in [1.29, 1.82) is 0 Å². The van der Waals surface area contributed by atoms with Crippen molar-refractivity contribution in [1.82, 2.24) is 0 Å². The van der Waals surface area contributed by atoms with Gasteiger partial charge in [-0.05, 0) is 43.0 Å². The van der Waals surface area contributed by atoms with Crippen LogP contribution in [0.1, 0.15) is 37.6 Å². The van der Waals surface area contributed by atoms with Crippen LogP contribution in [0.4, 0.5) is 5.00 Å². The molecule has 0 radical (unpaired) electrons. The molecule has 0 saturated heterocycles.